The second-order valence-electron chi connectivity index (χ2n) is 9.83. The lowest BCUT2D eigenvalue weighted by Crippen LogP contribution is -2.28. The van der Waals surface area contributed by atoms with Crippen LogP contribution in [0, 0.1) is 17.6 Å². The van der Waals surface area contributed by atoms with Crippen molar-refractivity contribution < 1.29 is 27.1 Å². The molecule has 0 bridgehead atoms. The van der Waals surface area contributed by atoms with Crippen LogP contribution in [-0.2, 0) is 27.4 Å². The van der Waals surface area contributed by atoms with Gasteiger partial charge in [0.05, 0.1) is 23.4 Å². The van der Waals surface area contributed by atoms with Crippen molar-refractivity contribution in [3.05, 3.63) is 81.9 Å². The number of carbonyl (C=O) groups is 1. The Morgan fingerprint density at radius 2 is 1.84 bits per heavy atom. The van der Waals surface area contributed by atoms with Crippen LogP contribution in [0.4, 0.5) is 20.2 Å². The molecular formula is C27H25F2N3O5S. The van der Waals surface area contributed by atoms with E-state index in [0.29, 0.717) is 33.3 Å². The first-order valence-electron chi connectivity index (χ1n) is 11.8. The van der Waals surface area contributed by atoms with Crippen LogP contribution >= 0.6 is 0 Å². The van der Waals surface area contributed by atoms with E-state index >= 15 is 4.39 Å². The van der Waals surface area contributed by atoms with Gasteiger partial charge in [-0.15, -0.1) is 0 Å². The maximum atomic E-state index is 15.4. The van der Waals surface area contributed by atoms with Crippen molar-refractivity contribution in [1.29, 1.82) is 0 Å². The average Bonchev–Trinajstić information content (AvgIpc) is 3.23. The highest BCUT2D eigenvalue weighted by Gasteiger charge is 2.36. The van der Waals surface area contributed by atoms with Crippen molar-refractivity contribution in [2.75, 3.05) is 11.2 Å². The fraction of sp³-hybridized carbons (Fsp3) is 0.259. The van der Waals surface area contributed by atoms with Crippen LogP contribution in [-0.4, -0.2) is 35.3 Å². The Bertz CT molecular complexity index is 1780. The van der Waals surface area contributed by atoms with E-state index < -0.39 is 39.4 Å². The Kier molecular flexibility index (Phi) is 6.13. The first kappa shape index (κ1) is 25.7. The number of halogens is 2. The van der Waals surface area contributed by atoms with Gasteiger partial charge in [-0.2, -0.15) is 0 Å². The molecule has 0 saturated carbocycles. The number of pyridine rings is 1. The number of aromatic nitrogens is 2. The molecule has 2 aromatic carbocycles. The van der Waals surface area contributed by atoms with E-state index in [0.717, 1.165) is 18.4 Å². The minimum atomic E-state index is -3.38. The van der Waals surface area contributed by atoms with Gasteiger partial charge in [-0.05, 0) is 36.2 Å². The van der Waals surface area contributed by atoms with Gasteiger partial charge in [0.2, 0.25) is 0 Å². The van der Waals surface area contributed by atoms with Crippen LogP contribution in [0.3, 0.4) is 0 Å². The number of anilines is 2. The van der Waals surface area contributed by atoms with E-state index in [-0.39, 0.29) is 28.9 Å². The lowest BCUT2D eigenvalue weighted by molar-refractivity contribution is -0.141. The van der Waals surface area contributed by atoms with Gasteiger partial charge in [-0.25, -0.2) is 17.2 Å². The van der Waals surface area contributed by atoms with Crippen molar-refractivity contribution in [2.24, 2.45) is 13.0 Å². The average molecular weight is 542 g/mol. The van der Waals surface area contributed by atoms with E-state index in [4.69, 9.17) is 0 Å². The summed E-state index contributed by atoms with van der Waals surface area (Å²) in [5.74, 6) is -3.75. The number of fused-ring (bicyclic) bond motifs is 2. The summed E-state index contributed by atoms with van der Waals surface area (Å²) in [4.78, 5) is 29.6. The Morgan fingerprint density at radius 1 is 1.13 bits per heavy atom. The topological polar surface area (TPSA) is 112 Å². The van der Waals surface area contributed by atoms with Crippen LogP contribution in [0.1, 0.15) is 30.5 Å². The van der Waals surface area contributed by atoms with E-state index in [1.165, 1.54) is 17.6 Å². The third-order valence-electron chi connectivity index (χ3n) is 6.91. The third-order valence-corrected chi connectivity index (χ3v) is 7.77. The van der Waals surface area contributed by atoms with Gasteiger partial charge in [-0.1, -0.05) is 13.0 Å². The Balaban J connectivity index is 1.90. The number of H-pyrrole nitrogens is 1. The quantitative estimate of drug-likeness (QED) is 0.367. The first-order valence-corrected chi connectivity index (χ1v) is 13.9. The maximum absolute atomic E-state index is 15.4. The number of carboxylic acid groups (broad SMARTS) is 1. The number of hydrogen-bond donors (Lipinski definition) is 2. The zero-order chi connectivity index (χ0) is 27.5. The van der Waals surface area contributed by atoms with Gasteiger partial charge >= 0.3 is 5.97 Å². The van der Waals surface area contributed by atoms with Crippen LogP contribution in [0.2, 0.25) is 0 Å². The van der Waals surface area contributed by atoms with Crippen molar-refractivity contribution in [3.63, 3.8) is 0 Å². The summed E-state index contributed by atoms with van der Waals surface area (Å²) in [5.41, 5.74) is 2.65. The molecule has 0 saturated heterocycles. The lowest BCUT2D eigenvalue weighted by Gasteiger charge is -2.35. The van der Waals surface area contributed by atoms with Crippen LogP contribution in [0.25, 0.3) is 22.0 Å². The number of rotatable bonds is 6. The van der Waals surface area contributed by atoms with Crippen molar-refractivity contribution in [3.8, 4) is 11.1 Å². The molecule has 11 heteroatoms. The van der Waals surface area contributed by atoms with Gasteiger partial charge in [0.15, 0.2) is 9.84 Å². The fourth-order valence-electron chi connectivity index (χ4n) is 5.21. The van der Waals surface area contributed by atoms with E-state index in [1.807, 2.05) is 0 Å². The molecule has 1 aliphatic heterocycles. The molecule has 0 radical (unpaired) electrons. The number of nitrogens with zero attached hydrogens (tertiary/aromatic N) is 2. The normalized spacial score (nSPS) is 15.8. The molecule has 2 N–H and O–H groups in total. The number of aromatic amines is 1. The molecule has 1 aliphatic rings. The third kappa shape index (κ3) is 4.36. The molecule has 4 aromatic rings. The molecule has 1 unspecified atom stereocenters. The lowest BCUT2D eigenvalue weighted by atomic mass is 9.93. The maximum Gasteiger partial charge on any atom is 0.306 e. The summed E-state index contributed by atoms with van der Waals surface area (Å²) in [6, 6.07) is 7.36. The Morgan fingerprint density at radius 3 is 2.50 bits per heavy atom. The summed E-state index contributed by atoms with van der Waals surface area (Å²) in [7, 11) is -1.80. The minimum Gasteiger partial charge on any atom is -0.481 e. The second kappa shape index (κ2) is 9.09. The van der Waals surface area contributed by atoms with Gasteiger partial charge in [0, 0.05) is 59.5 Å². The van der Waals surface area contributed by atoms with Crippen LogP contribution in [0.15, 0.2) is 53.6 Å². The number of nitrogens with one attached hydrogen (secondary N) is 1. The first-order chi connectivity index (χ1) is 17.9. The van der Waals surface area contributed by atoms with Gasteiger partial charge in [-0.3, -0.25) is 9.59 Å². The highest BCUT2D eigenvalue weighted by Crippen LogP contribution is 2.50. The van der Waals surface area contributed by atoms with Gasteiger partial charge < -0.3 is 19.6 Å². The highest BCUT2D eigenvalue weighted by molar-refractivity contribution is 7.89. The fourth-order valence-corrected chi connectivity index (χ4v) is 5.99. The number of carboxylic acids is 1. The molecule has 0 aliphatic carbocycles. The number of hydrogen-bond acceptors (Lipinski definition) is 5. The largest absolute Gasteiger partial charge is 0.481 e. The van der Waals surface area contributed by atoms with Gasteiger partial charge in [0.1, 0.15) is 17.2 Å². The van der Waals surface area contributed by atoms with Crippen molar-refractivity contribution in [2.45, 2.75) is 25.1 Å². The predicted octanol–water partition coefficient (Wildman–Crippen LogP) is 4.66. The number of aliphatic carboxylic acids is 1. The Hall–Kier alpha value is -3.99. The van der Waals surface area contributed by atoms with Gasteiger partial charge in [0.25, 0.3) is 5.56 Å². The van der Waals surface area contributed by atoms with E-state index in [2.05, 4.69) is 4.98 Å². The molecule has 5 rings (SSSR count). The summed E-state index contributed by atoms with van der Waals surface area (Å²) < 4.78 is 54.8. The molecule has 38 heavy (non-hydrogen) atoms. The summed E-state index contributed by atoms with van der Waals surface area (Å²) in [5, 5.41) is 10.3. The molecule has 0 fully saturated rings. The number of sulfone groups is 1. The monoisotopic (exact) mass is 541 g/mol. The van der Waals surface area contributed by atoms with Crippen LogP contribution < -0.4 is 10.5 Å². The zero-order valence-electron chi connectivity index (χ0n) is 20.8. The van der Waals surface area contributed by atoms with Crippen LogP contribution in [0.5, 0.6) is 0 Å². The standard InChI is InChI=1S/C27H25F2N3O5S/c1-14(27(34)35)8-23-18-11-30-25-24(18)19(12-31(2)26(25)33)17-9-15(13-38(3,36)37)4-6-21(17)32(23)22-7-5-16(28)10-20(22)29/h4-7,9-12,14,23,30H,8,13H2,1-3H3,(H,34,35)/t14-,23?/m1/s1. The SMILES string of the molecule is C[C@H](CC1c2c[nH]c3c(=O)n(C)cc(c23)-c2cc(CS(C)(=O)=O)ccc2N1c1ccc(F)cc1F)C(=O)O. The van der Waals surface area contributed by atoms with Crippen molar-refractivity contribution >= 4 is 38.1 Å². The molecule has 2 aromatic heterocycles. The summed E-state index contributed by atoms with van der Waals surface area (Å²) in [6.45, 7) is 1.54. The zero-order valence-corrected chi connectivity index (χ0v) is 21.6. The predicted molar refractivity (Wildman–Crippen MR) is 140 cm³/mol. The molecule has 8 nitrogen and oxygen atoms in total. The van der Waals surface area contributed by atoms with E-state index in [1.54, 1.807) is 42.5 Å². The minimum absolute atomic E-state index is 0.0139. The molecule has 198 valence electrons. The molecule has 0 spiro atoms. The highest BCUT2D eigenvalue weighted by atomic mass is 32.2. The van der Waals surface area contributed by atoms with E-state index in [9.17, 15) is 27.5 Å². The molecule has 0 amide bonds. The molecular weight excluding hydrogens is 516 g/mol. The summed E-state index contributed by atoms with van der Waals surface area (Å²) >= 11 is 0. The molecule has 3 heterocycles. The second-order valence-corrected chi connectivity index (χ2v) is 12.0. The molecule has 2 atom stereocenters. The number of benzene rings is 2. The van der Waals surface area contributed by atoms with Crippen molar-refractivity contribution in [1.82, 2.24) is 9.55 Å². The summed E-state index contributed by atoms with van der Waals surface area (Å²) in [6.07, 6.45) is 4.41. The number of aryl methyl sites for hydroxylation is 1. The smallest absolute Gasteiger partial charge is 0.306 e. The Labute approximate surface area is 217 Å².